The van der Waals surface area contributed by atoms with E-state index in [1.165, 1.54) is 11.3 Å². The Bertz CT molecular complexity index is 1540. The highest BCUT2D eigenvalue weighted by Crippen LogP contribution is 2.25. The van der Waals surface area contributed by atoms with Gasteiger partial charge >= 0.3 is 0 Å². The molecule has 2 N–H and O–H groups in total. The van der Waals surface area contributed by atoms with Crippen LogP contribution in [0.15, 0.2) is 66.2 Å². The molecule has 0 spiro atoms. The van der Waals surface area contributed by atoms with Crippen LogP contribution in [0, 0.1) is 13.8 Å². The summed E-state index contributed by atoms with van der Waals surface area (Å²) in [4.78, 5) is 34.7. The van der Waals surface area contributed by atoms with Crippen LogP contribution >= 0.6 is 11.3 Å². The number of aliphatic hydroxyl groups excluding tert-OH is 1. The maximum absolute atomic E-state index is 13.5. The molecule has 2 heterocycles. The van der Waals surface area contributed by atoms with Crippen LogP contribution < -0.4 is 10.2 Å². The zero-order valence-corrected chi connectivity index (χ0v) is 26.9. The Hall–Kier alpha value is -4.02. The highest BCUT2D eigenvalue weighted by Gasteiger charge is 2.26. The molecule has 0 bridgehead atoms. The molecular weight excluding hydrogens is 560 g/mol. The lowest BCUT2D eigenvalue weighted by Crippen LogP contribution is -2.49. The number of carbonyl (C=O) groups is 2. The topological polar surface area (TPSA) is 104 Å². The molecule has 10 heteroatoms. The van der Waals surface area contributed by atoms with Gasteiger partial charge in [-0.15, -0.1) is 11.3 Å². The third-order valence-electron chi connectivity index (χ3n) is 7.33. The molecule has 2 atom stereocenters. The van der Waals surface area contributed by atoms with Gasteiger partial charge in [0.1, 0.15) is 5.01 Å². The number of amides is 2. The molecule has 0 aliphatic rings. The van der Waals surface area contributed by atoms with Crippen molar-refractivity contribution in [2.75, 3.05) is 25.5 Å². The first-order chi connectivity index (χ1) is 20.3. The molecule has 2 aromatic heterocycles. The molecule has 0 aliphatic heterocycles. The van der Waals surface area contributed by atoms with Crippen LogP contribution in [0.2, 0.25) is 0 Å². The van der Waals surface area contributed by atoms with Crippen molar-refractivity contribution in [3.05, 3.63) is 99.3 Å². The van der Waals surface area contributed by atoms with E-state index in [1.54, 1.807) is 36.2 Å². The lowest BCUT2D eigenvalue weighted by Gasteiger charge is -2.29. The molecule has 0 aliphatic carbocycles. The number of benzene rings is 2. The zero-order valence-electron chi connectivity index (χ0n) is 26.0. The molecule has 0 unspecified atom stereocenters. The average molecular weight is 603 g/mol. The number of carbonyl (C=O) groups excluding carboxylic acids is 2. The maximum Gasteiger partial charge on any atom is 0.253 e. The van der Waals surface area contributed by atoms with E-state index in [0.717, 1.165) is 27.6 Å². The van der Waals surface area contributed by atoms with E-state index >= 15 is 0 Å². The summed E-state index contributed by atoms with van der Waals surface area (Å²) in [5, 5.41) is 21.9. The van der Waals surface area contributed by atoms with Gasteiger partial charge in [-0.05, 0) is 64.8 Å². The number of anilines is 1. The highest BCUT2D eigenvalue weighted by atomic mass is 32.1. The fraction of sp³-hybridized carbons (Fsp3) is 0.394. The summed E-state index contributed by atoms with van der Waals surface area (Å²) in [7, 11) is 3.64. The number of aliphatic hydroxyl groups is 1. The van der Waals surface area contributed by atoms with E-state index in [0.29, 0.717) is 24.1 Å². The van der Waals surface area contributed by atoms with Gasteiger partial charge in [0.05, 0.1) is 41.8 Å². The van der Waals surface area contributed by atoms with E-state index in [-0.39, 0.29) is 23.9 Å². The Morgan fingerprint density at radius 3 is 2.37 bits per heavy atom. The van der Waals surface area contributed by atoms with Crippen molar-refractivity contribution in [1.82, 2.24) is 25.0 Å². The zero-order chi connectivity index (χ0) is 31.3. The van der Waals surface area contributed by atoms with Gasteiger partial charge in [0.15, 0.2) is 0 Å². The van der Waals surface area contributed by atoms with Crippen LogP contribution in [-0.4, -0.2) is 69.4 Å². The minimum absolute atomic E-state index is 0.170. The number of thiazole rings is 1. The molecule has 0 saturated heterocycles. The summed E-state index contributed by atoms with van der Waals surface area (Å²) in [5.41, 5.74) is 4.43. The second-order valence-electron chi connectivity index (χ2n) is 12.0. The lowest BCUT2D eigenvalue weighted by molar-refractivity contribution is 0.0784. The van der Waals surface area contributed by atoms with Crippen molar-refractivity contribution in [2.45, 2.75) is 65.3 Å². The first kappa shape index (κ1) is 31.9. The normalized spacial score (nSPS) is 12.9. The lowest BCUT2D eigenvalue weighted by atomic mass is 9.99. The Kier molecular flexibility index (Phi) is 10.0. The van der Waals surface area contributed by atoms with E-state index in [9.17, 15) is 14.7 Å². The van der Waals surface area contributed by atoms with Crippen LogP contribution in [0.4, 0.5) is 5.69 Å². The number of nitrogens with one attached hydrogen (secondary N) is 1. The van der Waals surface area contributed by atoms with Crippen LogP contribution in [0.25, 0.3) is 0 Å². The number of hydrogen-bond donors (Lipinski definition) is 2. The predicted molar refractivity (Wildman–Crippen MR) is 172 cm³/mol. The number of nitrogens with zero attached hydrogens (tertiary/aromatic N) is 5. The Balaban J connectivity index is 1.50. The monoisotopic (exact) mass is 602 g/mol. The summed E-state index contributed by atoms with van der Waals surface area (Å²) < 4.78 is 1.97. The number of aryl methyl sites for hydroxylation is 1. The van der Waals surface area contributed by atoms with E-state index in [2.05, 4.69) is 36.2 Å². The SMILES string of the molecule is Cc1csc(CN(C)C(=O)c2cccc(C(=O)N[C@@H](Cc3ccccc3)[C@H](O)CN(C)c3cnn(C(C)(C)C)c3C)c2)n1. The third-order valence-corrected chi connectivity index (χ3v) is 8.28. The van der Waals surface area contributed by atoms with Gasteiger partial charge < -0.3 is 20.2 Å². The molecule has 4 rings (SSSR count). The van der Waals surface area contributed by atoms with Gasteiger partial charge in [0.25, 0.3) is 11.8 Å². The Labute approximate surface area is 258 Å². The molecule has 2 amide bonds. The van der Waals surface area contributed by atoms with Gasteiger partial charge in [0.2, 0.25) is 0 Å². The molecule has 43 heavy (non-hydrogen) atoms. The highest BCUT2D eigenvalue weighted by molar-refractivity contribution is 7.09. The fourth-order valence-electron chi connectivity index (χ4n) is 5.13. The van der Waals surface area contributed by atoms with Crippen LogP contribution in [0.1, 0.15) is 63.4 Å². The molecule has 9 nitrogen and oxygen atoms in total. The average Bonchev–Trinajstić information content (AvgIpc) is 3.57. The van der Waals surface area contributed by atoms with E-state index in [1.807, 2.05) is 72.4 Å². The van der Waals surface area contributed by atoms with Gasteiger partial charge in [-0.2, -0.15) is 5.10 Å². The van der Waals surface area contributed by atoms with Gasteiger partial charge in [0, 0.05) is 42.8 Å². The fourth-order valence-corrected chi connectivity index (χ4v) is 5.95. The predicted octanol–water partition coefficient (Wildman–Crippen LogP) is 4.82. The van der Waals surface area contributed by atoms with E-state index in [4.69, 9.17) is 0 Å². The van der Waals surface area contributed by atoms with Crippen LogP contribution in [0.3, 0.4) is 0 Å². The van der Waals surface area contributed by atoms with Crippen molar-refractivity contribution < 1.29 is 14.7 Å². The van der Waals surface area contributed by atoms with Crippen molar-refractivity contribution >= 4 is 28.8 Å². The summed E-state index contributed by atoms with van der Waals surface area (Å²) >= 11 is 1.51. The number of rotatable bonds is 11. The Morgan fingerprint density at radius 2 is 1.74 bits per heavy atom. The molecule has 0 radical (unpaired) electrons. The summed E-state index contributed by atoms with van der Waals surface area (Å²) in [5.74, 6) is -0.552. The largest absolute Gasteiger partial charge is 0.389 e. The van der Waals surface area contributed by atoms with Crippen molar-refractivity contribution in [3.63, 3.8) is 0 Å². The molecule has 0 fully saturated rings. The minimum Gasteiger partial charge on any atom is -0.389 e. The molecular formula is C33H42N6O3S. The molecule has 228 valence electrons. The number of likely N-dealkylation sites (N-methyl/N-ethyl adjacent to an activating group) is 1. The number of aromatic nitrogens is 3. The molecule has 4 aromatic rings. The first-order valence-electron chi connectivity index (χ1n) is 14.4. The maximum atomic E-state index is 13.5. The first-order valence-corrected chi connectivity index (χ1v) is 15.3. The molecule has 0 saturated carbocycles. The van der Waals surface area contributed by atoms with Crippen LogP contribution in [-0.2, 0) is 18.5 Å². The van der Waals surface area contributed by atoms with Crippen molar-refractivity contribution in [1.29, 1.82) is 0 Å². The minimum atomic E-state index is -0.885. The van der Waals surface area contributed by atoms with Gasteiger partial charge in [-0.1, -0.05) is 36.4 Å². The van der Waals surface area contributed by atoms with Crippen LogP contribution in [0.5, 0.6) is 0 Å². The number of hydrogen-bond acceptors (Lipinski definition) is 7. The Morgan fingerprint density at radius 1 is 1.05 bits per heavy atom. The van der Waals surface area contributed by atoms with E-state index < -0.39 is 12.1 Å². The molecule has 2 aromatic carbocycles. The second kappa shape index (κ2) is 13.5. The quantitative estimate of drug-likeness (QED) is 0.255. The van der Waals surface area contributed by atoms with Gasteiger partial charge in [-0.3, -0.25) is 14.3 Å². The summed E-state index contributed by atoms with van der Waals surface area (Å²) in [6.45, 7) is 10.9. The standard InChI is InChI=1S/C33H42N6O3S/c1-22-21-43-30(35-22)20-38(7)32(42)26-15-11-14-25(17-26)31(41)36-27(16-24-12-9-8-10-13-24)29(40)19-37(6)28-18-34-39(23(28)2)33(3,4)5/h8-15,17-18,21,27,29,40H,16,19-20H2,1-7H3,(H,36,41)/t27-,29+/m0/s1. The summed E-state index contributed by atoms with van der Waals surface area (Å²) in [6, 6.07) is 15.9. The van der Waals surface area contributed by atoms with Gasteiger partial charge in [-0.25, -0.2) is 4.98 Å². The van der Waals surface area contributed by atoms with Crippen molar-refractivity contribution in [2.24, 2.45) is 0 Å². The van der Waals surface area contributed by atoms with Crippen molar-refractivity contribution in [3.8, 4) is 0 Å². The summed E-state index contributed by atoms with van der Waals surface area (Å²) in [6.07, 6.45) is 1.37. The second-order valence-corrected chi connectivity index (χ2v) is 13.0. The smallest absolute Gasteiger partial charge is 0.253 e. The third kappa shape index (κ3) is 8.09.